The summed E-state index contributed by atoms with van der Waals surface area (Å²) in [6, 6.07) is 7.94. The fourth-order valence-electron chi connectivity index (χ4n) is 2.00. The Balaban J connectivity index is 2.50. The number of ether oxygens (including phenoxy) is 1. The number of hydrogen-bond donors (Lipinski definition) is 1. The second kappa shape index (κ2) is 6.25. The van der Waals surface area contributed by atoms with Crippen molar-refractivity contribution in [2.24, 2.45) is 5.14 Å². The third-order valence-corrected chi connectivity index (χ3v) is 3.98. The molecule has 24 heavy (non-hydrogen) atoms. The predicted molar refractivity (Wildman–Crippen MR) is 79.6 cm³/mol. The predicted octanol–water partition coefficient (Wildman–Crippen LogP) is 2.95. The summed E-state index contributed by atoms with van der Waals surface area (Å²) in [5.74, 6) is -0.983. The second-order valence-electron chi connectivity index (χ2n) is 4.88. The van der Waals surface area contributed by atoms with Crippen molar-refractivity contribution in [2.75, 3.05) is 0 Å². The Morgan fingerprint density at radius 3 is 2.04 bits per heavy atom. The van der Waals surface area contributed by atoms with Crippen LogP contribution in [-0.4, -0.2) is 14.4 Å². The summed E-state index contributed by atoms with van der Waals surface area (Å²) in [5.41, 5.74) is -0.166. The highest BCUT2D eigenvalue weighted by Gasteiger charge is 2.30. The molecule has 128 valence electrons. The molecule has 0 unspecified atom stereocenters. The molecular formula is C15H12F3NO4S. The Kier molecular flexibility index (Phi) is 4.68. The largest absolute Gasteiger partial charge is 0.425 e. The monoisotopic (exact) mass is 359 g/mol. The number of halogens is 3. The van der Waals surface area contributed by atoms with Gasteiger partial charge >= 0.3 is 12.1 Å². The Morgan fingerprint density at radius 1 is 1.04 bits per heavy atom. The number of esters is 1. The summed E-state index contributed by atoms with van der Waals surface area (Å²) in [5, 5.41) is 5.09. The van der Waals surface area contributed by atoms with Crippen molar-refractivity contribution in [1.29, 1.82) is 0 Å². The van der Waals surface area contributed by atoms with Gasteiger partial charge in [0.15, 0.2) is 5.75 Å². The van der Waals surface area contributed by atoms with Gasteiger partial charge in [0.05, 0.1) is 5.56 Å². The molecule has 2 aromatic carbocycles. The summed E-state index contributed by atoms with van der Waals surface area (Å²) < 4.78 is 65.8. The summed E-state index contributed by atoms with van der Waals surface area (Å²) in [6.45, 7) is 1.09. The van der Waals surface area contributed by atoms with Crippen LogP contribution in [0.25, 0.3) is 11.1 Å². The molecule has 0 aliphatic rings. The lowest BCUT2D eigenvalue weighted by Crippen LogP contribution is -2.15. The van der Waals surface area contributed by atoms with E-state index in [0.29, 0.717) is 11.1 Å². The van der Waals surface area contributed by atoms with Crippen LogP contribution in [0, 0.1) is 0 Å². The minimum Gasteiger partial charge on any atom is -0.425 e. The van der Waals surface area contributed by atoms with Crippen molar-refractivity contribution < 1.29 is 31.1 Å². The van der Waals surface area contributed by atoms with E-state index >= 15 is 0 Å². The van der Waals surface area contributed by atoms with Crippen molar-refractivity contribution in [1.82, 2.24) is 0 Å². The molecule has 2 N–H and O–H groups in total. The van der Waals surface area contributed by atoms with Gasteiger partial charge in [0, 0.05) is 6.92 Å². The molecule has 0 bridgehead atoms. The van der Waals surface area contributed by atoms with Gasteiger partial charge < -0.3 is 4.74 Å². The van der Waals surface area contributed by atoms with E-state index in [1.165, 1.54) is 24.3 Å². The molecule has 0 aliphatic carbocycles. The average Bonchev–Trinajstić information content (AvgIpc) is 2.45. The molecule has 0 atom stereocenters. The number of rotatable bonds is 3. The summed E-state index contributed by atoms with van der Waals surface area (Å²) in [6.07, 6.45) is -4.47. The number of nitrogens with two attached hydrogens (primary N) is 1. The van der Waals surface area contributed by atoms with Crippen molar-refractivity contribution in [3.63, 3.8) is 0 Å². The van der Waals surface area contributed by atoms with Crippen molar-refractivity contribution in [2.45, 2.75) is 18.0 Å². The molecule has 0 saturated heterocycles. The van der Waals surface area contributed by atoms with E-state index < -0.39 is 32.6 Å². The van der Waals surface area contributed by atoms with Crippen molar-refractivity contribution >= 4 is 16.0 Å². The molecule has 2 rings (SSSR count). The average molecular weight is 359 g/mol. The topological polar surface area (TPSA) is 86.5 Å². The van der Waals surface area contributed by atoms with Gasteiger partial charge in [0.1, 0.15) is 4.90 Å². The molecule has 5 nitrogen and oxygen atoms in total. The van der Waals surface area contributed by atoms with Gasteiger partial charge in [-0.15, -0.1) is 0 Å². The molecule has 0 saturated carbocycles. The van der Waals surface area contributed by atoms with E-state index in [1.54, 1.807) is 0 Å². The van der Waals surface area contributed by atoms with Crippen LogP contribution in [0.2, 0.25) is 0 Å². The van der Waals surface area contributed by atoms with Crippen LogP contribution in [0.15, 0.2) is 47.4 Å². The number of sulfonamides is 1. The van der Waals surface area contributed by atoms with E-state index in [9.17, 15) is 26.4 Å². The van der Waals surface area contributed by atoms with Crippen molar-refractivity contribution in [3.8, 4) is 16.9 Å². The fraction of sp³-hybridized carbons (Fsp3) is 0.133. The van der Waals surface area contributed by atoms with Gasteiger partial charge in [-0.25, -0.2) is 13.6 Å². The zero-order valence-corrected chi connectivity index (χ0v) is 13.1. The van der Waals surface area contributed by atoms with Crippen LogP contribution >= 0.6 is 0 Å². The van der Waals surface area contributed by atoms with Gasteiger partial charge in [-0.05, 0) is 35.4 Å². The fourth-order valence-corrected chi connectivity index (χ4v) is 2.68. The zero-order valence-electron chi connectivity index (χ0n) is 12.3. The lowest BCUT2D eigenvalue weighted by Gasteiger charge is -2.11. The van der Waals surface area contributed by atoms with E-state index in [-0.39, 0.29) is 5.75 Å². The van der Waals surface area contributed by atoms with Crippen LogP contribution in [0.3, 0.4) is 0 Å². The second-order valence-corrected chi connectivity index (χ2v) is 6.41. The Morgan fingerprint density at radius 2 is 1.58 bits per heavy atom. The normalized spacial score (nSPS) is 12.0. The lowest BCUT2D eigenvalue weighted by atomic mass is 10.0. The molecule has 0 heterocycles. The Hall–Kier alpha value is -2.39. The summed E-state index contributed by atoms with van der Waals surface area (Å²) in [7, 11) is -4.20. The third kappa shape index (κ3) is 4.12. The van der Waals surface area contributed by atoms with Crippen LogP contribution in [0.5, 0.6) is 5.75 Å². The molecule has 0 aromatic heterocycles. The lowest BCUT2D eigenvalue weighted by molar-refractivity contribution is -0.137. The Bertz CT molecular complexity index is 875. The van der Waals surface area contributed by atoms with Crippen LogP contribution in [0.1, 0.15) is 12.5 Å². The van der Waals surface area contributed by atoms with Gasteiger partial charge in [0.25, 0.3) is 0 Å². The highest BCUT2D eigenvalue weighted by Crippen LogP contribution is 2.33. The number of carbonyl (C=O) groups excluding carboxylic acids is 1. The van der Waals surface area contributed by atoms with E-state index in [2.05, 4.69) is 0 Å². The highest BCUT2D eigenvalue weighted by molar-refractivity contribution is 7.89. The SMILES string of the molecule is CC(=O)Oc1ccc(-c2ccc(C(F)(F)F)cc2)cc1S(N)(=O)=O. The summed E-state index contributed by atoms with van der Waals surface area (Å²) in [4.78, 5) is 10.6. The molecule has 0 radical (unpaired) electrons. The number of carbonyl (C=O) groups is 1. The minimum absolute atomic E-state index is 0.249. The van der Waals surface area contributed by atoms with Gasteiger partial charge in [-0.3, -0.25) is 4.79 Å². The first kappa shape index (κ1) is 18.0. The van der Waals surface area contributed by atoms with Crippen LogP contribution in [0.4, 0.5) is 13.2 Å². The molecule has 0 spiro atoms. The number of benzene rings is 2. The molecule has 2 aromatic rings. The number of primary sulfonamides is 1. The molecular weight excluding hydrogens is 347 g/mol. The quantitative estimate of drug-likeness (QED) is 0.674. The maximum Gasteiger partial charge on any atom is 0.416 e. The molecule has 0 aliphatic heterocycles. The van der Waals surface area contributed by atoms with Crippen LogP contribution < -0.4 is 9.88 Å². The zero-order chi connectivity index (χ0) is 18.1. The smallest absolute Gasteiger partial charge is 0.416 e. The van der Waals surface area contributed by atoms with E-state index in [0.717, 1.165) is 25.1 Å². The molecule has 9 heteroatoms. The van der Waals surface area contributed by atoms with Gasteiger partial charge in [0.2, 0.25) is 10.0 Å². The first-order chi connectivity index (χ1) is 11.0. The maximum absolute atomic E-state index is 12.6. The summed E-state index contributed by atoms with van der Waals surface area (Å²) >= 11 is 0. The minimum atomic E-state index is -4.47. The van der Waals surface area contributed by atoms with Crippen LogP contribution in [-0.2, 0) is 21.0 Å². The Labute approximate surface area is 135 Å². The van der Waals surface area contributed by atoms with Gasteiger partial charge in [-0.2, -0.15) is 13.2 Å². The first-order valence-electron chi connectivity index (χ1n) is 6.51. The standard InChI is InChI=1S/C15H12F3NO4S/c1-9(20)23-13-7-4-11(8-14(13)24(19,21)22)10-2-5-12(6-3-10)15(16,17)18/h2-8H,1H3,(H2,19,21,22). The van der Waals surface area contributed by atoms with Crippen molar-refractivity contribution in [3.05, 3.63) is 48.0 Å². The third-order valence-electron chi connectivity index (χ3n) is 3.05. The molecule has 0 fully saturated rings. The maximum atomic E-state index is 12.6. The number of hydrogen-bond acceptors (Lipinski definition) is 4. The number of alkyl halides is 3. The van der Waals surface area contributed by atoms with E-state index in [1.807, 2.05) is 0 Å². The molecule has 0 amide bonds. The van der Waals surface area contributed by atoms with Gasteiger partial charge in [-0.1, -0.05) is 18.2 Å². The highest BCUT2D eigenvalue weighted by atomic mass is 32.2. The first-order valence-corrected chi connectivity index (χ1v) is 8.06. The van der Waals surface area contributed by atoms with E-state index in [4.69, 9.17) is 9.88 Å².